The normalized spacial score (nSPS) is 12.2. The van der Waals surface area contributed by atoms with Crippen LogP contribution in [0.1, 0.15) is 29.7 Å². The van der Waals surface area contributed by atoms with Crippen molar-refractivity contribution in [2.75, 3.05) is 13.7 Å². The standard InChI is InChI=1S/C16H19FN2O/c1-4-19-16(13-7-14(17)10-18-9-13)12-6-5-11(2)15(8-12)20-3/h5-10,16,19H,4H2,1-3H3. The predicted octanol–water partition coefficient (Wildman–Crippen LogP) is 3.24. The van der Waals surface area contributed by atoms with Crippen LogP contribution >= 0.6 is 0 Å². The van der Waals surface area contributed by atoms with Crippen LogP contribution in [-0.4, -0.2) is 18.6 Å². The summed E-state index contributed by atoms with van der Waals surface area (Å²) < 4.78 is 18.7. The number of aromatic nitrogens is 1. The van der Waals surface area contributed by atoms with Gasteiger partial charge >= 0.3 is 0 Å². The van der Waals surface area contributed by atoms with Crippen molar-refractivity contribution < 1.29 is 9.13 Å². The zero-order chi connectivity index (χ0) is 14.5. The summed E-state index contributed by atoms with van der Waals surface area (Å²) in [6, 6.07) is 7.42. The van der Waals surface area contributed by atoms with Crippen LogP contribution in [0.4, 0.5) is 4.39 Å². The van der Waals surface area contributed by atoms with Crippen LogP contribution in [0, 0.1) is 12.7 Å². The molecule has 0 amide bonds. The van der Waals surface area contributed by atoms with Gasteiger partial charge < -0.3 is 10.1 Å². The van der Waals surface area contributed by atoms with Crippen molar-refractivity contribution in [2.24, 2.45) is 0 Å². The molecular weight excluding hydrogens is 255 g/mol. The molecule has 0 aliphatic carbocycles. The highest BCUT2D eigenvalue weighted by Crippen LogP contribution is 2.27. The second kappa shape index (κ2) is 6.48. The summed E-state index contributed by atoms with van der Waals surface area (Å²) in [5.74, 6) is 0.499. The van der Waals surface area contributed by atoms with Gasteiger partial charge in [-0.3, -0.25) is 4.98 Å². The number of rotatable bonds is 5. The van der Waals surface area contributed by atoms with E-state index in [-0.39, 0.29) is 11.9 Å². The summed E-state index contributed by atoms with van der Waals surface area (Å²) in [6.07, 6.45) is 2.89. The summed E-state index contributed by atoms with van der Waals surface area (Å²) in [5.41, 5.74) is 2.91. The molecule has 3 nitrogen and oxygen atoms in total. The molecule has 0 aliphatic rings. The summed E-state index contributed by atoms with van der Waals surface area (Å²) >= 11 is 0. The maximum Gasteiger partial charge on any atom is 0.141 e. The molecular formula is C16H19FN2O. The van der Waals surface area contributed by atoms with Gasteiger partial charge in [-0.05, 0) is 42.3 Å². The minimum atomic E-state index is -0.329. The van der Waals surface area contributed by atoms with Crippen LogP contribution in [0.2, 0.25) is 0 Å². The fourth-order valence-corrected chi connectivity index (χ4v) is 2.23. The Morgan fingerprint density at radius 1 is 1.25 bits per heavy atom. The number of hydrogen-bond donors (Lipinski definition) is 1. The zero-order valence-corrected chi connectivity index (χ0v) is 12.0. The minimum Gasteiger partial charge on any atom is -0.496 e. The molecule has 4 heteroatoms. The molecule has 106 valence electrons. The molecule has 2 aromatic rings. The highest BCUT2D eigenvalue weighted by molar-refractivity contribution is 5.40. The van der Waals surface area contributed by atoms with Crippen LogP contribution in [0.15, 0.2) is 36.7 Å². The first-order chi connectivity index (χ1) is 9.65. The zero-order valence-electron chi connectivity index (χ0n) is 12.0. The lowest BCUT2D eigenvalue weighted by Gasteiger charge is -2.20. The fraction of sp³-hybridized carbons (Fsp3) is 0.312. The molecule has 1 aromatic heterocycles. The number of benzene rings is 1. The van der Waals surface area contributed by atoms with Gasteiger partial charge in [0.2, 0.25) is 0 Å². The summed E-state index contributed by atoms with van der Waals surface area (Å²) in [4.78, 5) is 3.93. The second-order valence-corrected chi connectivity index (χ2v) is 4.66. The van der Waals surface area contributed by atoms with Gasteiger partial charge in [0.1, 0.15) is 11.6 Å². The topological polar surface area (TPSA) is 34.2 Å². The molecule has 0 fully saturated rings. The first-order valence-corrected chi connectivity index (χ1v) is 6.64. The van der Waals surface area contributed by atoms with Crippen molar-refractivity contribution >= 4 is 0 Å². The van der Waals surface area contributed by atoms with Gasteiger partial charge in [0.25, 0.3) is 0 Å². The summed E-state index contributed by atoms with van der Waals surface area (Å²) in [6.45, 7) is 4.79. The third-order valence-electron chi connectivity index (χ3n) is 3.23. The predicted molar refractivity (Wildman–Crippen MR) is 77.4 cm³/mol. The molecule has 20 heavy (non-hydrogen) atoms. The molecule has 1 atom stereocenters. The van der Waals surface area contributed by atoms with Crippen molar-refractivity contribution in [3.8, 4) is 5.75 Å². The van der Waals surface area contributed by atoms with E-state index in [2.05, 4.69) is 10.3 Å². The molecule has 0 aliphatic heterocycles. The van der Waals surface area contributed by atoms with Crippen molar-refractivity contribution in [1.82, 2.24) is 10.3 Å². The van der Waals surface area contributed by atoms with E-state index < -0.39 is 0 Å². The van der Waals surface area contributed by atoms with Gasteiger partial charge in [-0.15, -0.1) is 0 Å². The molecule has 0 saturated heterocycles. The van der Waals surface area contributed by atoms with E-state index in [1.54, 1.807) is 13.3 Å². The Labute approximate surface area is 118 Å². The van der Waals surface area contributed by atoms with Crippen molar-refractivity contribution in [2.45, 2.75) is 19.9 Å². The highest BCUT2D eigenvalue weighted by atomic mass is 19.1. The van der Waals surface area contributed by atoms with E-state index in [1.165, 1.54) is 12.3 Å². The van der Waals surface area contributed by atoms with Gasteiger partial charge in [-0.2, -0.15) is 0 Å². The third kappa shape index (κ3) is 3.14. The van der Waals surface area contributed by atoms with Gasteiger partial charge in [0, 0.05) is 6.20 Å². The minimum absolute atomic E-state index is 0.0994. The van der Waals surface area contributed by atoms with E-state index in [0.717, 1.165) is 29.0 Å². The molecule has 1 unspecified atom stereocenters. The molecule has 1 aromatic carbocycles. The number of halogens is 1. The number of nitrogens with one attached hydrogen (secondary N) is 1. The van der Waals surface area contributed by atoms with Gasteiger partial charge in [0.05, 0.1) is 19.3 Å². The van der Waals surface area contributed by atoms with E-state index in [0.29, 0.717) is 0 Å². The lowest BCUT2D eigenvalue weighted by atomic mass is 9.98. The molecule has 0 spiro atoms. The average Bonchev–Trinajstić information content (AvgIpc) is 2.45. The molecule has 2 rings (SSSR count). The van der Waals surface area contributed by atoms with E-state index in [9.17, 15) is 4.39 Å². The van der Waals surface area contributed by atoms with Gasteiger partial charge in [-0.25, -0.2) is 4.39 Å². The van der Waals surface area contributed by atoms with E-state index in [1.807, 2.05) is 32.0 Å². The quantitative estimate of drug-likeness (QED) is 0.909. The van der Waals surface area contributed by atoms with Crippen LogP contribution < -0.4 is 10.1 Å². The number of methoxy groups -OCH3 is 1. The Hall–Kier alpha value is -1.94. The monoisotopic (exact) mass is 274 g/mol. The maximum absolute atomic E-state index is 13.4. The van der Waals surface area contributed by atoms with Gasteiger partial charge in [0.15, 0.2) is 0 Å². The van der Waals surface area contributed by atoms with Crippen LogP contribution in [0.3, 0.4) is 0 Å². The first-order valence-electron chi connectivity index (χ1n) is 6.64. The number of nitrogens with zero attached hydrogens (tertiary/aromatic N) is 1. The lowest BCUT2D eigenvalue weighted by Crippen LogP contribution is -2.22. The van der Waals surface area contributed by atoms with Crippen LogP contribution in [0.5, 0.6) is 5.75 Å². The Morgan fingerprint density at radius 3 is 2.70 bits per heavy atom. The number of pyridine rings is 1. The van der Waals surface area contributed by atoms with E-state index >= 15 is 0 Å². The van der Waals surface area contributed by atoms with Crippen LogP contribution in [0.25, 0.3) is 0 Å². The first kappa shape index (κ1) is 14.5. The number of aryl methyl sites for hydroxylation is 1. The summed E-state index contributed by atoms with van der Waals surface area (Å²) in [5, 5.41) is 3.35. The third-order valence-corrected chi connectivity index (χ3v) is 3.23. The largest absolute Gasteiger partial charge is 0.496 e. The lowest BCUT2D eigenvalue weighted by molar-refractivity contribution is 0.410. The maximum atomic E-state index is 13.4. The molecule has 1 N–H and O–H groups in total. The Bertz CT molecular complexity index is 586. The van der Waals surface area contributed by atoms with Crippen LogP contribution in [-0.2, 0) is 0 Å². The van der Waals surface area contributed by atoms with E-state index in [4.69, 9.17) is 4.74 Å². The smallest absolute Gasteiger partial charge is 0.141 e. The Morgan fingerprint density at radius 2 is 2.05 bits per heavy atom. The summed E-state index contributed by atoms with van der Waals surface area (Å²) in [7, 11) is 1.65. The fourth-order valence-electron chi connectivity index (χ4n) is 2.23. The SMILES string of the molecule is CCNC(c1cncc(F)c1)c1ccc(C)c(OC)c1. The Balaban J connectivity index is 2.42. The molecule has 0 saturated carbocycles. The number of ether oxygens (including phenoxy) is 1. The molecule has 1 heterocycles. The van der Waals surface area contributed by atoms with Crippen molar-refractivity contribution in [3.05, 3.63) is 59.2 Å². The molecule has 0 radical (unpaired) electrons. The second-order valence-electron chi connectivity index (χ2n) is 4.66. The van der Waals surface area contributed by atoms with Gasteiger partial charge in [-0.1, -0.05) is 19.1 Å². The average molecular weight is 274 g/mol. The van der Waals surface area contributed by atoms with Crippen molar-refractivity contribution in [3.63, 3.8) is 0 Å². The number of hydrogen-bond acceptors (Lipinski definition) is 3. The highest BCUT2D eigenvalue weighted by Gasteiger charge is 2.15. The molecule has 0 bridgehead atoms. The Kier molecular flexibility index (Phi) is 4.69. The van der Waals surface area contributed by atoms with Crippen molar-refractivity contribution in [1.29, 1.82) is 0 Å².